The van der Waals surface area contributed by atoms with E-state index in [0.717, 1.165) is 4.47 Å². The van der Waals surface area contributed by atoms with Gasteiger partial charge in [0.15, 0.2) is 0 Å². The van der Waals surface area contributed by atoms with E-state index >= 15 is 0 Å². The molecule has 0 spiro atoms. The number of hydrogen-bond donors (Lipinski definition) is 1. The first-order valence-corrected chi connectivity index (χ1v) is 5.46. The van der Waals surface area contributed by atoms with Crippen molar-refractivity contribution in [2.45, 2.75) is 6.10 Å². The van der Waals surface area contributed by atoms with Crippen molar-refractivity contribution >= 4 is 15.9 Å². The Balaban J connectivity index is 2.63. The van der Waals surface area contributed by atoms with Crippen LogP contribution in [-0.4, -0.2) is 31.5 Å². The Kier molecular flexibility index (Phi) is 5.26. The molecule has 0 saturated heterocycles. The van der Waals surface area contributed by atoms with E-state index in [2.05, 4.69) is 15.9 Å². The monoisotopic (exact) mass is 285 g/mol. The number of benzene rings is 1. The number of halogens is 1. The number of aliphatic hydroxyl groups is 1. The van der Waals surface area contributed by atoms with Crippen molar-refractivity contribution in [3.8, 4) is 11.8 Å². The fourth-order valence-corrected chi connectivity index (χ4v) is 1.47. The van der Waals surface area contributed by atoms with E-state index in [1.165, 1.54) is 7.11 Å². The van der Waals surface area contributed by atoms with Crippen LogP contribution in [0.2, 0.25) is 0 Å². The molecule has 0 amide bonds. The van der Waals surface area contributed by atoms with Gasteiger partial charge in [0.05, 0.1) is 22.7 Å². The van der Waals surface area contributed by atoms with Gasteiger partial charge in [-0.25, -0.2) is 0 Å². The average molecular weight is 286 g/mol. The summed E-state index contributed by atoms with van der Waals surface area (Å²) in [5.41, 5.74) is 0.513. The summed E-state index contributed by atoms with van der Waals surface area (Å²) in [7, 11) is 1.51. The highest BCUT2D eigenvalue weighted by Crippen LogP contribution is 2.25. The zero-order chi connectivity index (χ0) is 12.0. The maximum Gasteiger partial charge on any atom is 0.134 e. The minimum Gasteiger partial charge on any atom is -0.490 e. The predicted molar refractivity (Wildman–Crippen MR) is 62.2 cm³/mol. The molecular weight excluding hydrogens is 274 g/mol. The zero-order valence-corrected chi connectivity index (χ0v) is 10.4. The van der Waals surface area contributed by atoms with Crippen LogP contribution in [0.4, 0.5) is 0 Å². The van der Waals surface area contributed by atoms with Crippen LogP contribution < -0.4 is 4.74 Å². The molecule has 4 nitrogen and oxygen atoms in total. The molecule has 0 aliphatic rings. The van der Waals surface area contributed by atoms with E-state index in [1.807, 2.05) is 6.07 Å². The van der Waals surface area contributed by atoms with Crippen molar-refractivity contribution in [1.29, 1.82) is 5.26 Å². The minimum atomic E-state index is -0.678. The summed E-state index contributed by atoms with van der Waals surface area (Å²) in [5, 5.41) is 18.1. The molecule has 0 bridgehead atoms. The molecule has 16 heavy (non-hydrogen) atoms. The zero-order valence-electron chi connectivity index (χ0n) is 8.81. The summed E-state index contributed by atoms with van der Waals surface area (Å²) >= 11 is 3.30. The van der Waals surface area contributed by atoms with Crippen molar-refractivity contribution in [2.75, 3.05) is 20.3 Å². The molecule has 1 aromatic rings. The summed E-state index contributed by atoms with van der Waals surface area (Å²) in [4.78, 5) is 0. The Morgan fingerprint density at radius 2 is 2.25 bits per heavy atom. The third-order valence-electron chi connectivity index (χ3n) is 1.85. The number of nitrogens with zero attached hydrogens (tertiary/aromatic N) is 1. The lowest BCUT2D eigenvalue weighted by Crippen LogP contribution is -2.22. The summed E-state index contributed by atoms with van der Waals surface area (Å²) in [5.74, 6) is 0.536. The largest absolute Gasteiger partial charge is 0.490 e. The normalized spacial score (nSPS) is 11.9. The van der Waals surface area contributed by atoms with Crippen molar-refractivity contribution in [2.24, 2.45) is 0 Å². The molecule has 5 heteroatoms. The van der Waals surface area contributed by atoms with Gasteiger partial charge >= 0.3 is 0 Å². The van der Waals surface area contributed by atoms with Crippen molar-refractivity contribution in [3.63, 3.8) is 0 Å². The second-order valence-electron chi connectivity index (χ2n) is 3.18. The lowest BCUT2D eigenvalue weighted by Gasteiger charge is -2.12. The molecule has 0 aliphatic carbocycles. The number of nitriles is 1. The molecule has 1 N–H and O–H groups in total. The third-order valence-corrected chi connectivity index (χ3v) is 2.51. The van der Waals surface area contributed by atoms with Crippen LogP contribution >= 0.6 is 15.9 Å². The molecular formula is C11H12BrNO3. The molecule has 86 valence electrons. The topological polar surface area (TPSA) is 62.5 Å². The second kappa shape index (κ2) is 6.48. The Labute approximate surface area is 103 Å². The van der Waals surface area contributed by atoms with Gasteiger partial charge in [0.25, 0.3) is 0 Å². The summed E-state index contributed by atoms with van der Waals surface area (Å²) in [6.45, 7) is 0.344. The van der Waals surface area contributed by atoms with E-state index in [4.69, 9.17) is 14.7 Å². The first-order valence-electron chi connectivity index (χ1n) is 4.67. The van der Waals surface area contributed by atoms with Gasteiger partial charge in [-0.3, -0.25) is 0 Å². The molecule has 0 saturated carbocycles. The van der Waals surface area contributed by atoms with Crippen molar-refractivity contribution < 1.29 is 14.6 Å². The SMILES string of the molecule is COC[C@@H](O)COc1cc(C#N)ccc1Br. The van der Waals surface area contributed by atoms with Gasteiger partial charge < -0.3 is 14.6 Å². The van der Waals surface area contributed by atoms with Crippen molar-refractivity contribution in [1.82, 2.24) is 0 Å². The van der Waals surface area contributed by atoms with E-state index < -0.39 is 6.10 Å². The van der Waals surface area contributed by atoms with Gasteiger partial charge in [-0.05, 0) is 34.1 Å². The second-order valence-corrected chi connectivity index (χ2v) is 4.03. The smallest absolute Gasteiger partial charge is 0.134 e. The van der Waals surface area contributed by atoms with Crippen LogP contribution in [0.1, 0.15) is 5.56 Å². The van der Waals surface area contributed by atoms with Crippen LogP contribution in [0.15, 0.2) is 22.7 Å². The molecule has 1 rings (SSSR count). The van der Waals surface area contributed by atoms with Crippen LogP contribution in [0.5, 0.6) is 5.75 Å². The van der Waals surface area contributed by atoms with Gasteiger partial charge in [-0.15, -0.1) is 0 Å². The van der Waals surface area contributed by atoms with E-state index in [-0.39, 0.29) is 13.2 Å². The summed E-state index contributed by atoms with van der Waals surface area (Å²) < 4.78 is 10.9. The highest BCUT2D eigenvalue weighted by Gasteiger charge is 2.07. The van der Waals surface area contributed by atoms with Gasteiger partial charge in [0.1, 0.15) is 18.5 Å². The summed E-state index contributed by atoms with van der Waals surface area (Å²) in [6.07, 6.45) is -0.678. The number of hydrogen-bond acceptors (Lipinski definition) is 4. The molecule has 1 atom stereocenters. The maximum atomic E-state index is 9.40. The Morgan fingerprint density at radius 1 is 1.50 bits per heavy atom. The highest BCUT2D eigenvalue weighted by atomic mass is 79.9. The van der Waals surface area contributed by atoms with Gasteiger partial charge in [0, 0.05) is 7.11 Å². The molecule has 0 heterocycles. The fourth-order valence-electron chi connectivity index (χ4n) is 1.11. The van der Waals surface area contributed by atoms with Gasteiger partial charge in [0.2, 0.25) is 0 Å². The lowest BCUT2D eigenvalue weighted by atomic mass is 10.2. The third kappa shape index (κ3) is 3.81. The predicted octanol–water partition coefficient (Wildman–Crippen LogP) is 1.71. The quantitative estimate of drug-likeness (QED) is 0.895. The van der Waals surface area contributed by atoms with Crippen LogP contribution in [0.3, 0.4) is 0 Å². The lowest BCUT2D eigenvalue weighted by molar-refractivity contribution is 0.0323. The Bertz CT molecular complexity index is 389. The van der Waals surface area contributed by atoms with E-state index in [9.17, 15) is 5.11 Å². The fraction of sp³-hybridized carbons (Fsp3) is 0.364. The molecule has 0 radical (unpaired) electrons. The molecule has 0 aliphatic heterocycles. The number of aliphatic hydroxyl groups excluding tert-OH is 1. The highest BCUT2D eigenvalue weighted by molar-refractivity contribution is 9.10. The van der Waals surface area contributed by atoms with Crippen LogP contribution in [0.25, 0.3) is 0 Å². The average Bonchev–Trinajstić information content (AvgIpc) is 2.28. The number of ether oxygens (including phenoxy) is 2. The molecule has 1 aromatic carbocycles. The molecule has 0 aromatic heterocycles. The van der Waals surface area contributed by atoms with E-state index in [0.29, 0.717) is 11.3 Å². The Morgan fingerprint density at radius 3 is 2.88 bits per heavy atom. The van der Waals surface area contributed by atoms with Crippen LogP contribution in [0, 0.1) is 11.3 Å². The number of rotatable bonds is 5. The minimum absolute atomic E-state index is 0.126. The van der Waals surface area contributed by atoms with Crippen molar-refractivity contribution in [3.05, 3.63) is 28.2 Å². The summed E-state index contributed by atoms with van der Waals surface area (Å²) in [6, 6.07) is 7.05. The number of methoxy groups -OCH3 is 1. The van der Waals surface area contributed by atoms with Gasteiger partial charge in [-0.2, -0.15) is 5.26 Å². The Hall–Kier alpha value is -1.09. The van der Waals surface area contributed by atoms with E-state index in [1.54, 1.807) is 18.2 Å². The maximum absolute atomic E-state index is 9.40. The standard InChI is InChI=1S/C11H12BrNO3/c1-15-6-9(14)7-16-11-4-8(5-13)2-3-10(11)12/h2-4,9,14H,6-7H2,1H3/t9-/m1/s1. The molecule has 0 fully saturated rings. The van der Waals surface area contributed by atoms with Crippen LogP contribution in [-0.2, 0) is 4.74 Å². The molecule has 0 unspecified atom stereocenters. The first kappa shape index (κ1) is 13.0. The first-order chi connectivity index (χ1) is 7.67. The van der Waals surface area contributed by atoms with Gasteiger partial charge in [-0.1, -0.05) is 0 Å².